The first-order valence-corrected chi connectivity index (χ1v) is 18.2. The van der Waals surface area contributed by atoms with E-state index in [1.165, 1.54) is 6.33 Å². The lowest BCUT2D eigenvalue weighted by Gasteiger charge is -2.61. The molecule has 2 aromatic rings. The number of fused-ring (bicyclic) bond motifs is 1. The number of aliphatic hydroxyl groups excluding tert-OH is 1. The van der Waals surface area contributed by atoms with E-state index in [1.807, 2.05) is 22.5 Å². The van der Waals surface area contributed by atoms with Crippen LogP contribution in [0.2, 0.25) is 0 Å². The van der Waals surface area contributed by atoms with Gasteiger partial charge in [0.25, 0.3) is 0 Å². The van der Waals surface area contributed by atoms with Crippen LogP contribution in [-0.4, -0.2) is 83.5 Å². The molecule has 0 aromatic carbocycles. The van der Waals surface area contributed by atoms with Gasteiger partial charge >= 0.3 is 5.97 Å². The number of aromatic nitrogens is 4. The summed E-state index contributed by atoms with van der Waals surface area (Å²) < 4.78 is 8.24. The Morgan fingerprint density at radius 2 is 1.91 bits per heavy atom. The van der Waals surface area contributed by atoms with E-state index in [9.17, 15) is 19.5 Å². The highest BCUT2D eigenvalue weighted by Gasteiger charge is 2.68. The van der Waals surface area contributed by atoms with Crippen molar-refractivity contribution in [2.24, 2.45) is 34.0 Å². The number of imidazole rings is 1. The van der Waals surface area contributed by atoms with Crippen LogP contribution in [0.3, 0.4) is 0 Å². The number of ketones is 1. The number of ether oxygens (including phenoxy) is 1. The third-order valence-electron chi connectivity index (χ3n) is 12.8. The molecular formula is C35H50N6O5S. The molecule has 3 N–H and O–H groups in total. The third-order valence-corrected chi connectivity index (χ3v) is 14.1. The molecule has 1 aliphatic heterocycles. The second kappa shape index (κ2) is 12.8. The summed E-state index contributed by atoms with van der Waals surface area (Å²) in [5.41, 5.74) is 5.58. The van der Waals surface area contributed by atoms with E-state index < -0.39 is 23.0 Å². The van der Waals surface area contributed by atoms with Crippen molar-refractivity contribution in [2.75, 3.05) is 24.6 Å². The Balaban J connectivity index is 1.06. The number of anilines is 1. The fourth-order valence-corrected chi connectivity index (χ4v) is 10.6. The predicted octanol–water partition coefficient (Wildman–Crippen LogP) is 4.43. The normalized spacial score (nSPS) is 36.1. The molecule has 1 amide bonds. The molecule has 0 spiro atoms. The summed E-state index contributed by atoms with van der Waals surface area (Å²) in [4.78, 5) is 54.6. The lowest BCUT2D eigenvalue weighted by molar-refractivity contribution is -0.205. The second-order valence-corrected chi connectivity index (χ2v) is 16.4. The Morgan fingerprint density at radius 3 is 2.64 bits per heavy atom. The van der Waals surface area contributed by atoms with Crippen LogP contribution in [0.15, 0.2) is 25.3 Å². The molecule has 4 aliphatic rings. The van der Waals surface area contributed by atoms with Gasteiger partial charge in [0.15, 0.2) is 11.5 Å². The molecule has 1 saturated heterocycles. The highest BCUT2D eigenvalue weighted by molar-refractivity contribution is 8.00. The maximum Gasteiger partial charge on any atom is 0.316 e. The molecule has 8 atom stereocenters. The number of hydrogen-bond acceptors (Lipinski definition) is 10. The number of Topliss-reactive ketones (excluding diaryl/α,β-unsaturated/α-hetero) is 1. The number of carbonyl (C=O) groups excluding carboxylic acids is 3. The van der Waals surface area contributed by atoms with Crippen LogP contribution in [-0.2, 0) is 25.7 Å². The van der Waals surface area contributed by atoms with Gasteiger partial charge in [0.1, 0.15) is 23.7 Å². The average Bonchev–Trinajstić information content (AvgIpc) is 3.65. The summed E-state index contributed by atoms with van der Waals surface area (Å²) >= 11 is 1.59. The molecule has 47 heavy (non-hydrogen) atoms. The van der Waals surface area contributed by atoms with E-state index in [0.29, 0.717) is 55.9 Å². The lowest BCUT2D eigenvalue weighted by atomic mass is 9.44. The number of piperidine rings is 1. The van der Waals surface area contributed by atoms with Crippen molar-refractivity contribution < 1.29 is 24.2 Å². The second-order valence-electron chi connectivity index (χ2n) is 15.1. The minimum Gasteiger partial charge on any atom is -0.461 e. The fraction of sp³-hybridized carbons (Fsp3) is 0.714. The lowest BCUT2D eigenvalue weighted by Crippen LogP contribution is -2.63. The zero-order valence-electron chi connectivity index (χ0n) is 28.2. The molecule has 0 radical (unpaired) electrons. The van der Waals surface area contributed by atoms with Gasteiger partial charge in [0, 0.05) is 54.5 Å². The molecule has 6 rings (SSSR count). The quantitative estimate of drug-likeness (QED) is 0.306. The SMILES string of the molecule is C=C[C@]1(C)C[C@@H](OC(=O)CSC2CCN(C(=O)CCn3cnc4c(N)ncnc43)CC2)[C@]2(C)[C@H](C)CC[C@]3(CCC(=O)[C@@H]32)[C@@H](C)[C@@H]1O. The van der Waals surface area contributed by atoms with Gasteiger partial charge in [-0.3, -0.25) is 14.4 Å². The van der Waals surface area contributed by atoms with Crippen molar-refractivity contribution in [1.82, 2.24) is 24.4 Å². The first-order chi connectivity index (χ1) is 22.3. The number of esters is 1. The Kier molecular flexibility index (Phi) is 9.23. The minimum atomic E-state index is -0.679. The van der Waals surface area contributed by atoms with Crippen LogP contribution < -0.4 is 5.73 Å². The van der Waals surface area contributed by atoms with Crippen LogP contribution in [0.1, 0.15) is 79.1 Å². The first-order valence-electron chi connectivity index (χ1n) is 17.2. The topological polar surface area (TPSA) is 154 Å². The van der Waals surface area contributed by atoms with E-state index in [4.69, 9.17) is 10.5 Å². The number of nitrogens with zero attached hydrogens (tertiary/aromatic N) is 5. The molecule has 3 heterocycles. The number of nitrogens with two attached hydrogens (primary N) is 1. The van der Waals surface area contributed by atoms with Gasteiger partial charge < -0.3 is 25.0 Å². The van der Waals surface area contributed by atoms with Gasteiger partial charge in [-0.1, -0.05) is 33.8 Å². The summed E-state index contributed by atoms with van der Waals surface area (Å²) in [6.07, 6.45) is 9.23. The molecule has 256 valence electrons. The predicted molar refractivity (Wildman–Crippen MR) is 181 cm³/mol. The van der Waals surface area contributed by atoms with E-state index in [0.717, 1.165) is 32.1 Å². The van der Waals surface area contributed by atoms with Crippen molar-refractivity contribution in [3.63, 3.8) is 0 Å². The largest absolute Gasteiger partial charge is 0.461 e. The molecule has 0 unspecified atom stereocenters. The molecule has 12 heteroatoms. The summed E-state index contributed by atoms with van der Waals surface area (Å²) in [5, 5.41) is 12.0. The third kappa shape index (κ3) is 5.77. The molecule has 4 fully saturated rings. The summed E-state index contributed by atoms with van der Waals surface area (Å²) in [6.45, 7) is 14.4. The van der Waals surface area contributed by atoms with E-state index in [-0.39, 0.29) is 51.8 Å². The zero-order chi connectivity index (χ0) is 33.7. The highest BCUT2D eigenvalue weighted by Crippen LogP contribution is 2.68. The number of carbonyl (C=O) groups is 3. The number of rotatable bonds is 8. The number of hydrogen-bond donors (Lipinski definition) is 2. The Hall–Kier alpha value is -2.99. The Labute approximate surface area is 281 Å². The number of thioether (sulfide) groups is 1. The zero-order valence-corrected chi connectivity index (χ0v) is 29.0. The highest BCUT2D eigenvalue weighted by atomic mass is 32.2. The van der Waals surface area contributed by atoms with Crippen molar-refractivity contribution >= 4 is 46.4 Å². The Bertz CT molecular complexity index is 1540. The summed E-state index contributed by atoms with van der Waals surface area (Å²) in [5.74, 6) is 0.504. The average molecular weight is 667 g/mol. The molecule has 3 saturated carbocycles. The first kappa shape index (κ1) is 33.9. The van der Waals surface area contributed by atoms with Crippen molar-refractivity contribution in [2.45, 2.75) is 103 Å². The number of amides is 1. The molecule has 3 aliphatic carbocycles. The number of aliphatic hydroxyl groups is 1. The number of aryl methyl sites for hydroxylation is 1. The van der Waals surface area contributed by atoms with Gasteiger partial charge in [-0.05, 0) is 55.8 Å². The van der Waals surface area contributed by atoms with Gasteiger partial charge in [-0.15, -0.1) is 18.3 Å². The summed E-state index contributed by atoms with van der Waals surface area (Å²) in [7, 11) is 0. The fourth-order valence-electron chi connectivity index (χ4n) is 9.59. The molecule has 2 bridgehead atoms. The van der Waals surface area contributed by atoms with Crippen molar-refractivity contribution in [3.05, 3.63) is 25.3 Å². The number of nitrogen functional groups attached to an aromatic ring is 1. The minimum absolute atomic E-state index is 0.0570. The number of likely N-dealkylation sites (tertiary alicyclic amines) is 1. The Morgan fingerprint density at radius 1 is 1.17 bits per heavy atom. The van der Waals surface area contributed by atoms with Crippen LogP contribution in [0.4, 0.5) is 5.82 Å². The molecule has 2 aromatic heterocycles. The maximum absolute atomic E-state index is 13.6. The van der Waals surface area contributed by atoms with Gasteiger partial charge in [-0.2, -0.15) is 0 Å². The van der Waals surface area contributed by atoms with E-state index >= 15 is 0 Å². The van der Waals surface area contributed by atoms with Gasteiger partial charge in [-0.25, -0.2) is 15.0 Å². The molecule has 11 nitrogen and oxygen atoms in total. The smallest absolute Gasteiger partial charge is 0.316 e. The standard InChI is InChI=1S/C35H50N6O5S/c1-6-33(4)17-25(34(5)21(2)7-12-35(22(3)30(33)45)13-8-24(42)29(34)35)46-27(44)18-47-23-9-14-40(15-10-23)26(43)11-16-41-20-39-28-31(36)37-19-38-32(28)41/h6,19-23,25,29-30,45H,1,7-18H2,2-5H3,(H2,36,37,38)/t21-,22+,25-,29-,30+,33-,34+,35+/m1/s1. The van der Waals surface area contributed by atoms with E-state index in [1.54, 1.807) is 18.1 Å². The van der Waals surface area contributed by atoms with Crippen molar-refractivity contribution in [3.8, 4) is 0 Å². The molecular weight excluding hydrogens is 616 g/mol. The van der Waals surface area contributed by atoms with Crippen molar-refractivity contribution in [1.29, 1.82) is 0 Å². The van der Waals surface area contributed by atoms with Crippen LogP contribution in [0.25, 0.3) is 11.2 Å². The monoisotopic (exact) mass is 666 g/mol. The van der Waals surface area contributed by atoms with Gasteiger partial charge in [0.2, 0.25) is 5.91 Å². The van der Waals surface area contributed by atoms with Crippen LogP contribution in [0.5, 0.6) is 0 Å². The summed E-state index contributed by atoms with van der Waals surface area (Å²) in [6, 6.07) is 0. The van der Waals surface area contributed by atoms with E-state index in [2.05, 4.69) is 42.3 Å². The van der Waals surface area contributed by atoms with Crippen LogP contribution >= 0.6 is 11.8 Å². The van der Waals surface area contributed by atoms with Gasteiger partial charge in [0.05, 0.1) is 18.2 Å². The van der Waals surface area contributed by atoms with Crippen LogP contribution in [0, 0.1) is 34.0 Å². The maximum atomic E-state index is 13.6.